The Morgan fingerprint density at radius 1 is 0.625 bits per heavy atom. The number of aromatic nitrogens is 2. The summed E-state index contributed by atoms with van der Waals surface area (Å²) in [5.41, 5.74) is 11.8. The van der Waals surface area contributed by atoms with Gasteiger partial charge in [-0.2, -0.15) is 5.10 Å². The maximum absolute atomic E-state index is 12.6. The average molecular weight is 425 g/mol. The highest BCUT2D eigenvalue weighted by molar-refractivity contribution is 6.01. The van der Waals surface area contributed by atoms with E-state index in [1.165, 1.54) is 11.4 Å². The number of benzene rings is 2. The Morgan fingerprint density at radius 2 is 1.00 bits per heavy atom. The third-order valence-electron chi connectivity index (χ3n) is 5.80. The standard InChI is InChI=1S/C27H28N4O/c1-18-6-7-19(2)30(18)25-14-10-23(11-15-25)22(5)28-29-27(32)24-12-16-26(17-13-24)31-20(3)8-9-21(31)4/h6-17H,1-5H3,(H,29,32)/b28-22+. The largest absolute Gasteiger partial charge is 0.319 e. The second kappa shape index (κ2) is 8.71. The number of aryl methyl sites for hydroxylation is 4. The zero-order chi connectivity index (χ0) is 22.8. The Balaban J connectivity index is 1.45. The molecular weight excluding hydrogens is 396 g/mol. The molecule has 0 aliphatic carbocycles. The van der Waals surface area contributed by atoms with E-state index in [4.69, 9.17) is 0 Å². The van der Waals surface area contributed by atoms with Crippen LogP contribution in [0, 0.1) is 27.7 Å². The lowest BCUT2D eigenvalue weighted by atomic mass is 10.1. The third kappa shape index (κ3) is 4.14. The minimum absolute atomic E-state index is 0.230. The van der Waals surface area contributed by atoms with Crippen LogP contribution in [-0.4, -0.2) is 20.8 Å². The number of hydrazone groups is 1. The molecule has 0 saturated carbocycles. The van der Waals surface area contributed by atoms with E-state index < -0.39 is 0 Å². The lowest BCUT2D eigenvalue weighted by molar-refractivity contribution is 0.0955. The van der Waals surface area contributed by atoms with Gasteiger partial charge >= 0.3 is 0 Å². The fourth-order valence-electron chi connectivity index (χ4n) is 4.03. The molecule has 162 valence electrons. The predicted molar refractivity (Wildman–Crippen MR) is 130 cm³/mol. The SMILES string of the molecule is C/C(=N\NC(=O)c1ccc(-n2c(C)ccc2C)cc1)c1ccc(-n2c(C)ccc2C)cc1. The van der Waals surface area contributed by atoms with Crippen molar-refractivity contribution in [2.45, 2.75) is 34.6 Å². The van der Waals surface area contributed by atoms with Crippen molar-refractivity contribution < 1.29 is 4.79 Å². The lowest BCUT2D eigenvalue weighted by Crippen LogP contribution is -2.19. The topological polar surface area (TPSA) is 51.3 Å². The van der Waals surface area contributed by atoms with Crippen LogP contribution in [-0.2, 0) is 0 Å². The van der Waals surface area contributed by atoms with Crippen LogP contribution in [0.3, 0.4) is 0 Å². The highest BCUT2D eigenvalue weighted by Crippen LogP contribution is 2.18. The average Bonchev–Trinajstić information content (AvgIpc) is 3.32. The zero-order valence-corrected chi connectivity index (χ0v) is 19.2. The number of hydrogen-bond acceptors (Lipinski definition) is 2. The molecule has 0 fully saturated rings. The number of nitrogens with zero attached hydrogens (tertiary/aromatic N) is 3. The molecular formula is C27H28N4O. The summed E-state index contributed by atoms with van der Waals surface area (Å²) in [7, 11) is 0. The van der Waals surface area contributed by atoms with E-state index in [-0.39, 0.29) is 5.91 Å². The van der Waals surface area contributed by atoms with Gasteiger partial charge in [-0.3, -0.25) is 4.79 Å². The van der Waals surface area contributed by atoms with Crippen LogP contribution in [0.25, 0.3) is 11.4 Å². The van der Waals surface area contributed by atoms with Crippen molar-refractivity contribution in [3.05, 3.63) is 107 Å². The highest BCUT2D eigenvalue weighted by atomic mass is 16.2. The molecule has 0 atom stereocenters. The molecule has 1 amide bonds. The van der Waals surface area contributed by atoms with Crippen LogP contribution < -0.4 is 5.43 Å². The summed E-state index contributed by atoms with van der Waals surface area (Å²) in [5, 5.41) is 4.30. The summed E-state index contributed by atoms with van der Waals surface area (Å²) in [5.74, 6) is -0.230. The second-order valence-corrected chi connectivity index (χ2v) is 8.13. The molecule has 2 aromatic heterocycles. The van der Waals surface area contributed by atoms with Crippen molar-refractivity contribution in [1.29, 1.82) is 0 Å². The van der Waals surface area contributed by atoms with Crippen LogP contribution in [0.4, 0.5) is 0 Å². The van der Waals surface area contributed by atoms with Gasteiger partial charge in [-0.15, -0.1) is 0 Å². The van der Waals surface area contributed by atoms with E-state index >= 15 is 0 Å². The molecule has 4 aromatic rings. The molecule has 2 heterocycles. The quantitative estimate of drug-likeness (QED) is 0.326. The molecule has 0 spiro atoms. The fourth-order valence-corrected chi connectivity index (χ4v) is 4.03. The number of nitrogens with one attached hydrogen (secondary N) is 1. The summed E-state index contributed by atoms with van der Waals surface area (Å²) < 4.78 is 4.36. The summed E-state index contributed by atoms with van der Waals surface area (Å²) in [4.78, 5) is 12.6. The minimum Gasteiger partial charge on any atom is -0.319 e. The molecule has 0 aliphatic heterocycles. The smallest absolute Gasteiger partial charge is 0.271 e. The zero-order valence-electron chi connectivity index (χ0n) is 19.2. The van der Waals surface area contributed by atoms with Gasteiger partial charge in [-0.05, 0) is 101 Å². The van der Waals surface area contributed by atoms with Crippen molar-refractivity contribution in [2.75, 3.05) is 0 Å². The van der Waals surface area contributed by atoms with Crippen molar-refractivity contribution in [2.24, 2.45) is 5.10 Å². The Bertz CT molecular complexity index is 1250. The van der Waals surface area contributed by atoms with Crippen LogP contribution in [0.15, 0.2) is 77.9 Å². The maximum atomic E-state index is 12.6. The number of hydrogen-bond donors (Lipinski definition) is 1. The predicted octanol–water partition coefficient (Wildman–Crippen LogP) is 5.66. The van der Waals surface area contributed by atoms with Gasteiger partial charge in [0.1, 0.15) is 0 Å². The Kier molecular flexibility index (Phi) is 5.82. The van der Waals surface area contributed by atoms with Crippen molar-refractivity contribution in [3.8, 4) is 11.4 Å². The van der Waals surface area contributed by atoms with Gasteiger partial charge in [0, 0.05) is 39.7 Å². The van der Waals surface area contributed by atoms with E-state index in [9.17, 15) is 4.79 Å². The van der Waals surface area contributed by atoms with Crippen molar-refractivity contribution >= 4 is 11.6 Å². The van der Waals surface area contributed by atoms with E-state index in [1.807, 2.05) is 43.3 Å². The first-order chi connectivity index (χ1) is 15.3. The van der Waals surface area contributed by atoms with Gasteiger partial charge in [0.05, 0.1) is 5.71 Å². The second-order valence-electron chi connectivity index (χ2n) is 8.13. The van der Waals surface area contributed by atoms with E-state index in [0.29, 0.717) is 5.56 Å². The first kappa shape index (κ1) is 21.4. The van der Waals surface area contributed by atoms with Crippen LogP contribution >= 0.6 is 0 Å². The summed E-state index contributed by atoms with van der Waals surface area (Å²) in [6, 6.07) is 24.1. The molecule has 0 unspecified atom stereocenters. The van der Waals surface area contributed by atoms with E-state index in [2.05, 4.69) is 83.8 Å². The summed E-state index contributed by atoms with van der Waals surface area (Å²) in [6.45, 7) is 10.2. The monoisotopic (exact) mass is 424 g/mol. The van der Waals surface area contributed by atoms with Crippen molar-refractivity contribution in [3.63, 3.8) is 0 Å². The lowest BCUT2D eigenvalue weighted by Gasteiger charge is -2.11. The van der Waals surface area contributed by atoms with Crippen LogP contribution in [0.1, 0.15) is 45.6 Å². The first-order valence-electron chi connectivity index (χ1n) is 10.7. The normalized spacial score (nSPS) is 11.6. The van der Waals surface area contributed by atoms with Crippen LogP contribution in [0.2, 0.25) is 0 Å². The van der Waals surface area contributed by atoms with Gasteiger partial charge in [-0.1, -0.05) is 12.1 Å². The molecule has 2 aromatic carbocycles. The third-order valence-corrected chi connectivity index (χ3v) is 5.80. The molecule has 0 radical (unpaired) electrons. The van der Waals surface area contributed by atoms with Gasteiger partial charge < -0.3 is 9.13 Å². The van der Waals surface area contributed by atoms with Gasteiger partial charge in [0.25, 0.3) is 5.91 Å². The molecule has 0 aliphatic rings. The summed E-state index contributed by atoms with van der Waals surface area (Å²) in [6.07, 6.45) is 0. The number of carbonyl (C=O) groups is 1. The van der Waals surface area contributed by atoms with E-state index in [1.54, 1.807) is 0 Å². The molecule has 32 heavy (non-hydrogen) atoms. The van der Waals surface area contributed by atoms with Gasteiger partial charge in [0.2, 0.25) is 0 Å². The highest BCUT2D eigenvalue weighted by Gasteiger charge is 2.09. The number of carbonyl (C=O) groups excluding carboxylic acids is 1. The molecule has 1 N–H and O–H groups in total. The molecule has 0 bridgehead atoms. The number of rotatable bonds is 5. The maximum Gasteiger partial charge on any atom is 0.271 e. The molecule has 5 nitrogen and oxygen atoms in total. The van der Waals surface area contributed by atoms with Gasteiger partial charge in [-0.25, -0.2) is 5.43 Å². The molecule has 4 rings (SSSR count). The number of amides is 1. The Morgan fingerprint density at radius 3 is 1.41 bits per heavy atom. The first-order valence-corrected chi connectivity index (χ1v) is 10.7. The minimum atomic E-state index is -0.230. The van der Waals surface area contributed by atoms with Crippen LogP contribution in [0.5, 0.6) is 0 Å². The molecule has 5 heteroatoms. The Hall–Kier alpha value is -3.86. The van der Waals surface area contributed by atoms with E-state index in [0.717, 1.165) is 34.0 Å². The van der Waals surface area contributed by atoms with Crippen molar-refractivity contribution in [1.82, 2.24) is 14.6 Å². The summed E-state index contributed by atoms with van der Waals surface area (Å²) >= 11 is 0. The molecule has 0 saturated heterocycles. The van der Waals surface area contributed by atoms with Gasteiger partial charge in [0.15, 0.2) is 0 Å². The fraction of sp³-hybridized carbons (Fsp3) is 0.185. The Labute approximate surface area is 189 Å².